The lowest BCUT2D eigenvalue weighted by atomic mass is 9.97. The van der Waals surface area contributed by atoms with Crippen LogP contribution in [0.5, 0.6) is 11.5 Å². The van der Waals surface area contributed by atoms with E-state index in [1.165, 1.54) is 13.2 Å². The van der Waals surface area contributed by atoms with Gasteiger partial charge in [-0.25, -0.2) is 4.39 Å². The number of hydrogen-bond acceptors (Lipinski definition) is 5. The Kier molecular flexibility index (Phi) is 6.19. The maximum Gasteiger partial charge on any atom is 0.311 e. The maximum atomic E-state index is 14.1. The number of carbonyl (C=O) groups excluding carboxylic acids is 1. The third kappa shape index (κ3) is 4.44. The van der Waals surface area contributed by atoms with Crippen LogP contribution in [0.3, 0.4) is 0 Å². The van der Waals surface area contributed by atoms with E-state index in [2.05, 4.69) is 4.74 Å². The molecule has 2 aromatic rings. The first-order valence-electron chi connectivity index (χ1n) is 9.26. The Hall–Kier alpha value is -2.60. The number of ether oxygens (including phenoxy) is 3. The van der Waals surface area contributed by atoms with Crippen molar-refractivity contribution >= 4 is 5.97 Å². The van der Waals surface area contributed by atoms with E-state index in [0.29, 0.717) is 29.2 Å². The van der Waals surface area contributed by atoms with E-state index in [9.17, 15) is 14.3 Å². The molecule has 150 valence electrons. The van der Waals surface area contributed by atoms with E-state index < -0.39 is 18.0 Å². The van der Waals surface area contributed by atoms with Crippen molar-refractivity contribution in [2.24, 2.45) is 11.8 Å². The molecule has 0 aliphatic heterocycles. The minimum atomic E-state index is -0.976. The molecule has 28 heavy (non-hydrogen) atoms. The monoisotopic (exact) mass is 388 g/mol. The molecule has 2 aromatic carbocycles. The normalized spacial score (nSPS) is 20.2. The van der Waals surface area contributed by atoms with Crippen LogP contribution < -0.4 is 9.47 Å². The van der Waals surface area contributed by atoms with Crippen LogP contribution in [0.1, 0.15) is 36.5 Å². The molecule has 0 heterocycles. The minimum absolute atomic E-state index is 0.114. The second kappa shape index (κ2) is 8.61. The maximum absolute atomic E-state index is 14.1. The highest BCUT2D eigenvalue weighted by Gasteiger charge is 2.40. The summed E-state index contributed by atoms with van der Waals surface area (Å²) < 4.78 is 29.8. The topological polar surface area (TPSA) is 65.0 Å². The van der Waals surface area contributed by atoms with Crippen molar-refractivity contribution in [2.75, 3.05) is 20.8 Å². The zero-order valence-corrected chi connectivity index (χ0v) is 16.2. The van der Waals surface area contributed by atoms with Crippen LogP contribution in [-0.4, -0.2) is 31.9 Å². The van der Waals surface area contributed by atoms with Gasteiger partial charge in [-0.3, -0.25) is 4.79 Å². The number of benzene rings is 2. The molecule has 0 radical (unpaired) electrons. The van der Waals surface area contributed by atoms with Gasteiger partial charge in [0.05, 0.1) is 32.8 Å². The Balaban J connectivity index is 1.60. The first kappa shape index (κ1) is 20.1. The van der Waals surface area contributed by atoms with E-state index in [0.717, 1.165) is 6.42 Å². The van der Waals surface area contributed by atoms with Gasteiger partial charge in [-0.1, -0.05) is 12.1 Å². The van der Waals surface area contributed by atoms with Gasteiger partial charge in [-0.2, -0.15) is 0 Å². The van der Waals surface area contributed by atoms with Crippen LogP contribution in [0.2, 0.25) is 0 Å². The third-order valence-electron chi connectivity index (χ3n) is 5.24. The highest BCUT2D eigenvalue weighted by atomic mass is 19.1. The predicted molar refractivity (Wildman–Crippen MR) is 102 cm³/mol. The van der Waals surface area contributed by atoms with Gasteiger partial charge in [-0.15, -0.1) is 0 Å². The summed E-state index contributed by atoms with van der Waals surface area (Å²) in [5, 5.41) is 10.4. The molecular formula is C22H25FO5. The minimum Gasteiger partial charge on any atom is -0.497 e. The molecular weight excluding hydrogens is 363 g/mol. The average molecular weight is 388 g/mol. The van der Waals surface area contributed by atoms with Crippen molar-refractivity contribution < 1.29 is 28.5 Å². The van der Waals surface area contributed by atoms with Crippen molar-refractivity contribution in [3.05, 3.63) is 59.4 Å². The SMILES string of the molecule is COC(=O)[C@@H](C)[C@@H](O)c1cccc(OC[C@H]2CC2c2cc(OC)ccc2F)c1. The van der Waals surface area contributed by atoms with Gasteiger partial charge in [0.2, 0.25) is 0 Å². The first-order chi connectivity index (χ1) is 13.4. The van der Waals surface area contributed by atoms with E-state index in [1.807, 2.05) is 0 Å². The van der Waals surface area contributed by atoms with Crippen LogP contribution in [-0.2, 0) is 9.53 Å². The fourth-order valence-corrected chi connectivity index (χ4v) is 3.34. The number of aliphatic hydroxyl groups is 1. The molecule has 3 rings (SSSR count). The van der Waals surface area contributed by atoms with E-state index >= 15 is 0 Å². The number of carbonyl (C=O) groups is 1. The van der Waals surface area contributed by atoms with Gasteiger partial charge in [0.25, 0.3) is 0 Å². The Morgan fingerprint density at radius 3 is 2.71 bits per heavy atom. The Morgan fingerprint density at radius 2 is 2.00 bits per heavy atom. The lowest BCUT2D eigenvalue weighted by molar-refractivity contribution is -0.148. The molecule has 0 spiro atoms. The van der Waals surface area contributed by atoms with Crippen molar-refractivity contribution in [1.29, 1.82) is 0 Å². The second-order valence-corrected chi connectivity index (χ2v) is 7.13. The number of hydrogen-bond donors (Lipinski definition) is 1. The summed E-state index contributed by atoms with van der Waals surface area (Å²) in [6.07, 6.45) is -0.123. The molecule has 1 unspecified atom stereocenters. The summed E-state index contributed by atoms with van der Waals surface area (Å²) in [5.41, 5.74) is 1.24. The molecule has 0 saturated heterocycles. The number of methoxy groups -OCH3 is 2. The summed E-state index contributed by atoms with van der Waals surface area (Å²) in [7, 11) is 2.86. The van der Waals surface area contributed by atoms with Crippen molar-refractivity contribution in [3.8, 4) is 11.5 Å². The molecule has 1 aliphatic carbocycles. The van der Waals surface area contributed by atoms with Gasteiger partial charge in [0.1, 0.15) is 17.3 Å². The van der Waals surface area contributed by atoms with Crippen LogP contribution in [0.25, 0.3) is 0 Å². The molecule has 5 nitrogen and oxygen atoms in total. The van der Waals surface area contributed by atoms with E-state index in [1.54, 1.807) is 50.4 Å². The molecule has 4 atom stereocenters. The average Bonchev–Trinajstić information content (AvgIpc) is 3.50. The molecule has 6 heteroatoms. The van der Waals surface area contributed by atoms with Gasteiger partial charge in [-0.05, 0) is 60.7 Å². The lowest BCUT2D eigenvalue weighted by Crippen LogP contribution is -2.20. The standard InChI is InChI=1S/C22H25FO5/c1-13(22(25)27-3)21(24)14-5-4-6-17(9-14)28-12-15-10-18(15)19-11-16(26-2)7-8-20(19)23/h4-9,11,13,15,18,21,24H,10,12H2,1-3H3/t13-,15+,18?,21+/m0/s1. The zero-order valence-electron chi connectivity index (χ0n) is 16.2. The molecule has 0 amide bonds. The van der Waals surface area contributed by atoms with E-state index in [-0.39, 0.29) is 17.7 Å². The number of halogens is 1. The lowest BCUT2D eigenvalue weighted by Gasteiger charge is -2.17. The Morgan fingerprint density at radius 1 is 1.21 bits per heavy atom. The molecule has 1 aliphatic rings. The van der Waals surface area contributed by atoms with Gasteiger partial charge < -0.3 is 19.3 Å². The summed E-state index contributed by atoms with van der Waals surface area (Å²) in [6, 6.07) is 11.8. The molecule has 1 saturated carbocycles. The Bertz CT molecular complexity index is 837. The fraction of sp³-hybridized carbons (Fsp3) is 0.409. The van der Waals surface area contributed by atoms with Gasteiger partial charge in [0.15, 0.2) is 0 Å². The highest BCUT2D eigenvalue weighted by molar-refractivity contribution is 5.72. The highest BCUT2D eigenvalue weighted by Crippen LogP contribution is 2.49. The predicted octanol–water partition coefficient (Wildman–Crippen LogP) is 3.86. The summed E-state index contributed by atoms with van der Waals surface area (Å²) in [6.45, 7) is 2.06. The van der Waals surface area contributed by atoms with Crippen LogP contribution >= 0.6 is 0 Å². The van der Waals surface area contributed by atoms with Gasteiger partial charge >= 0.3 is 5.97 Å². The summed E-state index contributed by atoms with van der Waals surface area (Å²) in [4.78, 5) is 11.6. The summed E-state index contributed by atoms with van der Waals surface area (Å²) >= 11 is 0. The zero-order chi connectivity index (χ0) is 20.3. The van der Waals surface area contributed by atoms with E-state index in [4.69, 9.17) is 9.47 Å². The van der Waals surface area contributed by atoms with Crippen LogP contribution in [0.15, 0.2) is 42.5 Å². The molecule has 0 bridgehead atoms. The van der Waals surface area contributed by atoms with Crippen LogP contribution in [0.4, 0.5) is 4.39 Å². The Labute approximate surface area is 164 Å². The van der Waals surface area contributed by atoms with Crippen molar-refractivity contribution in [2.45, 2.75) is 25.4 Å². The van der Waals surface area contributed by atoms with Crippen molar-refractivity contribution in [3.63, 3.8) is 0 Å². The van der Waals surface area contributed by atoms with Crippen molar-refractivity contribution in [1.82, 2.24) is 0 Å². The largest absolute Gasteiger partial charge is 0.497 e. The molecule has 1 fully saturated rings. The molecule has 0 aromatic heterocycles. The first-order valence-corrected chi connectivity index (χ1v) is 9.26. The number of aliphatic hydroxyl groups excluding tert-OH is 1. The number of esters is 1. The second-order valence-electron chi connectivity index (χ2n) is 7.13. The fourth-order valence-electron chi connectivity index (χ4n) is 3.34. The van der Waals surface area contributed by atoms with Crippen LogP contribution in [0, 0.1) is 17.7 Å². The molecule has 1 N–H and O–H groups in total. The number of rotatable bonds is 8. The smallest absolute Gasteiger partial charge is 0.311 e. The third-order valence-corrected chi connectivity index (χ3v) is 5.24. The van der Waals surface area contributed by atoms with Gasteiger partial charge in [0, 0.05) is 5.92 Å². The quantitative estimate of drug-likeness (QED) is 0.696. The summed E-state index contributed by atoms with van der Waals surface area (Å²) in [5.74, 6) is 0.210.